The molecule has 3 aromatic rings. The number of nitrogens with zero attached hydrogens (tertiary/aromatic N) is 3. The van der Waals surface area contributed by atoms with Crippen molar-refractivity contribution in [1.82, 2.24) is 19.3 Å². The summed E-state index contributed by atoms with van der Waals surface area (Å²) in [7, 11) is -3.56. The largest absolute Gasteiger partial charge is 0.369 e. The third-order valence-electron chi connectivity index (χ3n) is 5.31. The fourth-order valence-corrected chi connectivity index (χ4v) is 5.88. The van der Waals surface area contributed by atoms with Crippen LogP contribution in [-0.2, 0) is 10.0 Å². The molecular formula is C20H22BrClFN5O2S. The summed E-state index contributed by atoms with van der Waals surface area (Å²) < 4.78 is 43.5. The first-order chi connectivity index (χ1) is 14.8. The van der Waals surface area contributed by atoms with Gasteiger partial charge in [0.05, 0.1) is 21.6 Å². The van der Waals surface area contributed by atoms with Gasteiger partial charge in [-0.25, -0.2) is 22.5 Å². The third-order valence-corrected chi connectivity index (χ3v) is 8.12. The molecule has 0 radical (unpaired) electrons. The predicted octanol–water partition coefficient (Wildman–Crippen LogP) is 4.42. The van der Waals surface area contributed by atoms with Crippen molar-refractivity contribution in [3.05, 3.63) is 46.0 Å². The van der Waals surface area contributed by atoms with Gasteiger partial charge in [-0.05, 0) is 47.7 Å². The van der Waals surface area contributed by atoms with Crippen LogP contribution < -0.4 is 10.0 Å². The van der Waals surface area contributed by atoms with Crippen LogP contribution >= 0.6 is 27.5 Å². The molecule has 166 valence electrons. The number of halogens is 3. The number of anilines is 1. The second-order valence-electron chi connectivity index (χ2n) is 7.49. The first kappa shape index (κ1) is 22.4. The van der Waals surface area contributed by atoms with Crippen LogP contribution in [0, 0.1) is 0 Å². The van der Waals surface area contributed by atoms with E-state index in [1.807, 2.05) is 24.3 Å². The van der Waals surface area contributed by atoms with Gasteiger partial charge in [-0.2, -0.15) is 9.61 Å². The van der Waals surface area contributed by atoms with Gasteiger partial charge in [0.25, 0.3) is 0 Å². The molecule has 1 aliphatic carbocycles. The molecule has 1 aromatic carbocycles. The number of hydrogen-bond donors (Lipinski definition) is 2. The monoisotopic (exact) mass is 529 g/mol. The van der Waals surface area contributed by atoms with Crippen molar-refractivity contribution in [2.75, 3.05) is 18.4 Å². The molecule has 4 rings (SSSR count). The Hall–Kier alpha value is -1.75. The Labute approximate surface area is 193 Å². The number of aromatic nitrogens is 3. The van der Waals surface area contributed by atoms with Gasteiger partial charge in [0, 0.05) is 29.7 Å². The van der Waals surface area contributed by atoms with Crippen molar-refractivity contribution in [2.24, 2.45) is 0 Å². The van der Waals surface area contributed by atoms with E-state index in [1.54, 1.807) is 16.8 Å². The molecule has 0 aliphatic heterocycles. The molecule has 1 fully saturated rings. The predicted molar refractivity (Wildman–Crippen MR) is 124 cm³/mol. The molecule has 11 heteroatoms. The van der Waals surface area contributed by atoms with Crippen LogP contribution in [0.5, 0.6) is 0 Å². The van der Waals surface area contributed by atoms with Crippen molar-refractivity contribution in [3.8, 4) is 11.3 Å². The summed E-state index contributed by atoms with van der Waals surface area (Å²) in [6, 6.07) is 9.22. The summed E-state index contributed by atoms with van der Waals surface area (Å²) >= 11 is 9.79. The smallest absolute Gasteiger partial charge is 0.214 e. The van der Waals surface area contributed by atoms with Crippen LogP contribution in [0.3, 0.4) is 0 Å². The Morgan fingerprint density at radius 1 is 1.26 bits per heavy atom. The van der Waals surface area contributed by atoms with Gasteiger partial charge in [0.1, 0.15) is 12.0 Å². The van der Waals surface area contributed by atoms with Crippen molar-refractivity contribution >= 4 is 49.0 Å². The zero-order valence-corrected chi connectivity index (χ0v) is 19.7. The number of rotatable bonds is 7. The maximum Gasteiger partial charge on any atom is 0.214 e. The fourth-order valence-electron chi connectivity index (χ4n) is 3.74. The molecule has 1 aliphatic rings. The molecule has 2 N–H and O–H groups in total. The van der Waals surface area contributed by atoms with E-state index < -0.39 is 21.4 Å². The van der Waals surface area contributed by atoms with E-state index in [0.29, 0.717) is 48.0 Å². The van der Waals surface area contributed by atoms with E-state index in [0.717, 1.165) is 10.0 Å². The Balaban J connectivity index is 1.49. The normalized spacial score (nSPS) is 19.6. The summed E-state index contributed by atoms with van der Waals surface area (Å²) in [4.78, 5) is 4.64. The zero-order valence-electron chi connectivity index (χ0n) is 16.6. The lowest BCUT2D eigenvalue weighted by Crippen LogP contribution is -2.39. The molecule has 0 bridgehead atoms. The summed E-state index contributed by atoms with van der Waals surface area (Å²) in [6.45, 7) is 0.493. The molecule has 2 aromatic heterocycles. The van der Waals surface area contributed by atoms with E-state index in [1.165, 1.54) is 0 Å². The van der Waals surface area contributed by atoms with E-state index in [4.69, 9.17) is 11.6 Å². The van der Waals surface area contributed by atoms with Crippen LogP contribution in [0.2, 0.25) is 5.02 Å². The average Bonchev–Trinajstić information content (AvgIpc) is 3.12. The number of nitrogens with one attached hydrogen (secondary N) is 2. The highest BCUT2D eigenvalue weighted by molar-refractivity contribution is 9.10. The Bertz CT molecular complexity index is 1190. The third kappa shape index (κ3) is 5.02. The SMILES string of the molecule is O=S(=O)(NCCNc1cc(-c2ccccc2Cl)nc2c(Br)cnn12)C1CCC[C@@H](F)C1. The highest BCUT2D eigenvalue weighted by atomic mass is 79.9. The second-order valence-corrected chi connectivity index (χ2v) is 10.8. The van der Waals surface area contributed by atoms with E-state index in [2.05, 4.69) is 36.1 Å². The molecule has 31 heavy (non-hydrogen) atoms. The van der Waals surface area contributed by atoms with Crippen LogP contribution in [-0.4, -0.2) is 47.5 Å². The highest BCUT2D eigenvalue weighted by Crippen LogP contribution is 2.30. The molecule has 1 unspecified atom stereocenters. The Kier molecular flexibility index (Phi) is 6.80. The first-order valence-electron chi connectivity index (χ1n) is 10.0. The number of hydrogen-bond acceptors (Lipinski definition) is 5. The lowest BCUT2D eigenvalue weighted by Gasteiger charge is -2.24. The number of alkyl halides is 1. The molecule has 1 saturated carbocycles. The van der Waals surface area contributed by atoms with E-state index in [9.17, 15) is 12.8 Å². The minimum Gasteiger partial charge on any atom is -0.369 e. The minimum atomic E-state index is -3.56. The van der Waals surface area contributed by atoms with Gasteiger partial charge < -0.3 is 5.32 Å². The standard InChI is InChI=1S/C20H22BrClFN5O2S/c21-16-12-25-28-19(11-18(27-20(16)28)15-6-1-2-7-17(15)22)24-8-9-26-31(29,30)14-5-3-4-13(23)10-14/h1-2,6-7,11-14,24,26H,3-5,8-10H2/t13-,14?/m1/s1. The van der Waals surface area contributed by atoms with Crippen molar-refractivity contribution in [3.63, 3.8) is 0 Å². The topological polar surface area (TPSA) is 88.4 Å². The molecule has 0 spiro atoms. The van der Waals surface area contributed by atoms with Gasteiger partial charge in [0.15, 0.2) is 5.65 Å². The van der Waals surface area contributed by atoms with Crippen LogP contribution in [0.25, 0.3) is 16.9 Å². The molecule has 0 amide bonds. The van der Waals surface area contributed by atoms with E-state index in [-0.39, 0.29) is 13.0 Å². The van der Waals surface area contributed by atoms with Gasteiger partial charge in [-0.3, -0.25) is 0 Å². The van der Waals surface area contributed by atoms with Gasteiger partial charge in [0.2, 0.25) is 10.0 Å². The maximum atomic E-state index is 13.6. The second kappa shape index (κ2) is 9.40. The van der Waals surface area contributed by atoms with Gasteiger partial charge in [-0.1, -0.05) is 29.8 Å². The first-order valence-corrected chi connectivity index (χ1v) is 12.7. The van der Waals surface area contributed by atoms with Crippen molar-refractivity contribution in [2.45, 2.75) is 37.1 Å². The van der Waals surface area contributed by atoms with Gasteiger partial charge >= 0.3 is 0 Å². The van der Waals surface area contributed by atoms with Crippen molar-refractivity contribution < 1.29 is 12.8 Å². The summed E-state index contributed by atoms with van der Waals surface area (Å²) in [5.41, 5.74) is 2.05. The number of sulfonamides is 1. The Morgan fingerprint density at radius 2 is 2.06 bits per heavy atom. The lowest BCUT2D eigenvalue weighted by molar-refractivity contribution is 0.251. The highest BCUT2D eigenvalue weighted by Gasteiger charge is 2.31. The Morgan fingerprint density at radius 3 is 2.84 bits per heavy atom. The summed E-state index contributed by atoms with van der Waals surface area (Å²) in [5.74, 6) is 0.645. The van der Waals surface area contributed by atoms with Crippen LogP contribution in [0.4, 0.5) is 10.2 Å². The zero-order chi connectivity index (χ0) is 22.0. The summed E-state index contributed by atoms with van der Waals surface area (Å²) in [5, 5.41) is 7.43. The summed E-state index contributed by atoms with van der Waals surface area (Å²) in [6.07, 6.45) is 2.20. The van der Waals surface area contributed by atoms with Crippen molar-refractivity contribution in [1.29, 1.82) is 0 Å². The van der Waals surface area contributed by atoms with Gasteiger partial charge in [-0.15, -0.1) is 0 Å². The van der Waals surface area contributed by atoms with Crippen LogP contribution in [0.15, 0.2) is 41.0 Å². The number of benzene rings is 1. The molecule has 2 atom stereocenters. The quantitative estimate of drug-likeness (QED) is 0.442. The molecule has 7 nitrogen and oxygen atoms in total. The van der Waals surface area contributed by atoms with Crippen LogP contribution in [0.1, 0.15) is 25.7 Å². The maximum absolute atomic E-state index is 13.6. The average molecular weight is 531 g/mol. The van der Waals surface area contributed by atoms with E-state index >= 15 is 0 Å². The minimum absolute atomic E-state index is 0.0657. The number of fused-ring (bicyclic) bond motifs is 1. The lowest BCUT2D eigenvalue weighted by atomic mass is 9.98. The molecular weight excluding hydrogens is 509 g/mol. The molecule has 2 heterocycles. The fraction of sp³-hybridized carbons (Fsp3) is 0.400. The molecule has 0 saturated heterocycles.